The number of carbonyl (C=O) groups is 2. The number of likely N-dealkylation sites (tertiary alicyclic amines) is 1. The lowest BCUT2D eigenvalue weighted by molar-refractivity contribution is -0.146. The van der Waals surface area contributed by atoms with Crippen LogP contribution in [0, 0.1) is 5.92 Å². The van der Waals surface area contributed by atoms with Gasteiger partial charge in [0, 0.05) is 32.4 Å². The van der Waals surface area contributed by atoms with Crippen molar-refractivity contribution in [1.82, 2.24) is 20.2 Å². The smallest absolute Gasteiger partial charge is 0.252 e. The van der Waals surface area contributed by atoms with Gasteiger partial charge in [0.25, 0.3) is 5.91 Å². The van der Waals surface area contributed by atoms with Gasteiger partial charge < -0.3 is 10.2 Å². The zero-order valence-electron chi connectivity index (χ0n) is 14.3. The van der Waals surface area contributed by atoms with Gasteiger partial charge in [-0.05, 0) is 31.6 Å². The zero-order chi connectivity index (χ0) is 17.0. The highest BCUT2D eigenvalue weighted by Gasteiger charge is 2.52. The third kappa shape index (κ3) is 3.01. The molecule has 1 aromatic rings. The summed E-state index contributed by atoms with van der Waals surface area (Å²) in [6.07, 6.45) is 12.7. The van der Waals surface area contributed by atoms with Crippen molar-refractivity contribution in [2.45, 2.75) is 56.9 Å². The molecule has 1 saturated heterocycles. The first-order chi connectivity index (χ1) is 11.7. The number of carbonyl (C=O) groups excluding carboxylic acids is 2. The second kappa shape index (κ2) is 7.28. The Morgan fingerprint density at radius 1 is 1.25 bits per heavy atom. The average molecular weight is 330 g/mol. The fourth-order valence-electron chi connectivity index (χ4n) is 4.24. The first kappa shape index (κ1) is 16.9. The van der Waals surface area contributed by atoms with E-state index in [0.29, 0.717) is 31.0 Å². The van der Waals surface area contributed by atoms with Crippen molar-refractivity contribution in [3.05, 3.63) is 24.3 Å². The van der Waals surface area contributed by atoms with Gasteiger partial charge in [-0.3, -0.25) is 19.6 Å². The lowest BCUT2D eigenvalue weighted by Crippen LogP contribution is -2.55. The molecule has 6 nitrogen and oxygen atoms in total. The summed E-state index contributed by atoms with van der Waals surface area (Å²) in [4.78, 5) is 36.0. The topological polar surface area (TPSA) is 75.2 Å². The highest BCUT2D eigenvalue weighted by Crippen LogP contribution is 2.39. The molecule has 3 rings (SSSR count). The Labute approximate surface area is 143 Å². The van der Waals surface area contributed by atoms with Crippen molar-refractivity contribution in [3.63, 3.8) is 0 Å². The van der Waals surface area contributed by atoms with Crippen molar-refractivity contribution in [2.75, 3.05) is 13.6 Å². The van der Waals surface area contributed by atoms with Gasteiger partial charge in [-0.15, -0.1) is 0 Å². The maximum atomic E-state index is 13.0. The summed E-state index contributed by atoms with van der Waals surface area (Å²) in [5, 5.41) is 2.73. The molecule has 0 spiro atoms. The van der Waals surface area contributed by atoms with Gasteiger partial charge in [-0.1, -0.05) is 19.3 Å². The summed E-state index contributed by atoms with van der Waals surface area (Å²) in [6.45, 7) is 0.607. The number of hydrogen-bond donors (Lipinski definition) is 1. The molecule has 0 aromatic carbocycles. The maximum absolute atomic E-state index is 13.0. The molecule has 2 heterocycles. The number of rotatable bonds is 4. The predicted octanol–water partition coefficient (Wildman–Crippen LogP) is 2.01. The number of amides is 2. The van der Waals surface area contributed by atoms with Gasteiger partial charge in [-0.25, -0.2) is 0 Å². The quantitative estimate of drug-likeness (QED) is 0.916. The molecule has 0 unspecified atom stereocenters. The molecule has 0 bridgehead atoms. The molecule has 2 amide bonds. The molecule has 1 aliphatic heterocycles. The van der Waals surface area contributed by atoms with E-state index in [1.54, 1.807) is 30.5 Å². The van der Waals surface area contributed by atoms with Gasteiger partial charge in [0.15, 0.2) is 5.54 Å². The van der Waals surface area contributed by atoms with Crippen LogP contribution in [-0.2, 0) is 15.1 Å². The van der Waals surface area contributed by atoms with Crippen LogP contribution in [0.5, 0.6) is 0 Å². The van der Waals surface area contributed by atoms with Gasteiger partial charge >= 0.3 is 0 Å². The average Bonchev–Trinajstić information content (AvgIpc) is 3.09. The summed E-state index contributed by atoms with van der Waals surface area (Å²) >= 11 is 0. The van der Waals surface area contributed by atoms with E-state index in [4.69, 9.17) is 0 Å². The molecule has 6 heteroatoms. The van der Waals surface area contributed by atoms with Crippen molar-refractivity contribution < 1.29 is 9.59 Å². The minimum atomic E-state index is -1.01. The van der Waals surface area contributed by atoms with Crippen LogP contribution in [0.25, 0.3) is 0 Å². The van der Waals surface area contributed by atoms with Crippen molar-refractivity contribution in [2.24, 2.45) is 5.92 Å². The van der Waals surface area contributed by atoms with Crippen molar-refractivity contribution in [1.29, 1.82) is 0 Å². The van der Waals surface area contributed by atoms with E-state index in [1.807, 2.05) is 0 Å². The second-order valence-corrected chi connectivity index (χ2v) is 6.89. The molecular weight excluding hydrogens is 304 g/mol. The van der Waals surface area contributed by atoms with Crippen LogP contribution >= 0.6 is 0 Å². The Kier molecular flexibility index (Phi) is 5.11. The van der Waals surface area contributed by atoms with E-state index >= 15 is 0 Å². The standard InChI is InChI=1S/C18H26N4O2/c1-19-17(24)18(15-13-20-9-10-21-15)8-5-11-22(18)16(23)12-14-6-3-2-4-7-14/h9-10,13-14H,2-8,11-12H2,1H3,(H,19,24)/t18-/m1/s1. The molecular formula is C18H26N4O2. The highest BCUT2D eigenvalue weighted by atomic mass is 16.2. The van der Waals surface area contributed by atoms with Crippen LogP contribution in [0.15, 0.2) is 18.6 Å². The third-order valence-electron chi connectivity index (χ3n) is 5.46. The first-order valence-corrected chi connectivity index (χ1v) is 8.97. The minimum absolute atomic E-state index is 0.0775. The van der Waals surface area contributed by atoms with Gasteiger partial charge in [-0.2, -0.15) is 0 Å². The summed E-state index contributed by atoms with van der Waals surface area (Å²) < 4.78 is 0. The number of nitrogens with zero attached hydrogens (tertiary/aromatic N) is 3. The molecule has 1 N–H and O–H groups in total. The van der Waals surface area contributed by atoms with Crippen LogP contribution in [0.1, 0.15) is 57.1 Å². The molecule has 0 radical (unpaired) electrons. The lowest BCUT2D eigenvalue weighted by Gasteiger charge is -2.37. The fraction of sp³-hybridized carbons (Fsp3) is 0.667. The normalized spacial score (nSPS) is 24.8. The van der Waals surface area contributed by atoms with E-state index < -0.39 is 5.54 Å². The SMILES string of the molecule is CNC(=O)[C@]1(c2cnccn2)CCCN1C(=O)CC1CCCCC1. The number of aromatic nitrogens is 2. The summed E-state index contributed by atoms with van der Waals surface area (Å²) in [6, 6.07) is 0. The predicted molar refractivity (Wildman–Crippen MR) is 89.9 cm³/mol. The van der Waals surface area contributed by atoms with Crippen LogP contribution in [0.2, 0.25) is 0 Å². The van der Waals surface area contributed by atoms with E-state index in [9.17, 15) is 9.59 Å². The third-order valence-corrected chi connectivity index (χ3v) is 5.46. The fourth-order valence-corrected chi connectivity index (χ4v) is 4.24. The number of nitrogens with one attached hydrogen (secondary N) is 1. The summed E-state index contributed by atoms with van der Waals surface area (Å²) in [5.41, 5.74) is -0.437. The van der Waals surface area contributed by atoms with E-state index in [2.05, 4.69) is 15.3 Å². The van der Waals surface area contributed by atoms with Gasteiger partial charge in [0.2, 0.25) is 5.91 Å². The molecule has 130 valence electrons. The lowest BCUT2D eigenvalue weighted by atomic mass is 9.85. The number of likely N-dealkylation sites (N-methyl/N-ethyl adjacent to an activating group) is 1. The Hall–Kier alpha value is -1.98. The largest absolute Gasteiger partial charge is 0.357 e. The molecule has 1 saturated carbocycles. The summed E-state index contributed by atoms with van der Waals surface area (Å²) in [7, 11) is 1.61. The Morgan fingerprint density at radius 2 is 2.04 bits per heavy atom. The van der Waals surface area contributed by atoms with E-state index in [0.717, 1.165) is 19.3 Å². The monoisotopic (exact) mass is 330 g/mol. The van der Waals surface area contributed by atoms with Crippen LogP contribution in [-0.4, -0.2) is 40.3 Å². The second-order valence-electron chi connectivity index (χ2n) is 6.89. The molecule has 1 atom stereocenters. The van der Waals surface area contributed by atoms with Crippen LogP contribution in [0.3, 0.4) is 0 Å². The molecule has 1 aromatic heterocycles. The van der Waals surface area contributed by atoms with Crippen molar-refractivity contribution in [3.8, 4) is 0 Å². The van der Waals surface area contributed by atoms with E-state index in [1.165, 1.54) is 19.3 Å². The van der Waals surface area contributed by atoms with E-state index in [-0.39, 0.29) is 11.8 Å². The Bertz CT molecular complexity index is 586. The molecule has 2 aliphatic rings. The number of hydrogen-bond acceptors (Lipinski definition) is 4. The van der Waals surface area contributed by atoms with Crippen LogP contribution in [0.4, 0.5) is 0 Å². The molecule has 2 fully saturated rings. The molecule has 1 aliphatic carbocycles. The van der Waals surface area contributed by atoms with Crippen molar-refractivity contribution >= 4 is 11.8 Å². The minimum Gasteiger partial charge on any atom is -0.357 e. The highest BCUT2D eigenvalue weighted by molar-refractivity contribution is 5.92. The Morgan fingerprint density at radius 3 is 2.71 bits per heavy atom. The zero-order valence-corrected chi connectivity index (χ0v) is 14.3. The Balaban J connectivity index is 1.87. The summed E-state index contributed by atoms with van der Waals surface area (Å²) in [5.74, 6) is 0.363. The first-order valence-electron chi connectivity index (χ1n) is 8.97. The van der Waals surface area contributed by atoms with Gasteiger partial charge in [0.1, 0.15) is 0 Å². The van der Waals surface area contributed by atoms with Crippen LogP contribution < -0.4 is 5.32 Å². The molecule has 24 heavy (non-hydrogen) atoms. The maximum Gasteiger partial charge on any atom is 0.252 e. The van der Waals surface area contributed by atoms with Gasteiger partial charge in [0.05, 0.1) is 11.9 Å².